The lowest BCUT2D eigenvalue weighted by Crippen LogP contribution is -2.42. The smallest absolute Gasteiger partial charge is 0.270 e. The highest BCUT2D eigenvalue weighted by Gasteiger charge is 2.24. The number of likely N-dealkylation sites (tertiary alicyclic amines) is 1. The molecule has 0 spiro atoms. The first-order valence-corrected chi connectivity index (χ1v) is 7.96. The minimum atomic E-state index is 0.114. The topological polar surface area (TPSA) is 48.1 Å². The van der Waals surface area contributed by atoms with Gasteiger partial charge in [-0.1, -0.05) is 30.3 Å². The van der Waals surface area contributed by atoms with Crippen molar-refractivity contribution in [2.75, 3.05) is 26.7 Å². The second-order valence-electron chi connectivity index (χ2n) is 5.97. The molecule has 116 valence electrons. The van der Waals surface area contributed by atoms with Crippen LogP contribution in [0.1, 0.15) is 23.3 Å². The summed E-state index contributed by atoms with van der Waals surface area (Å²) < 4.78 is 0. The first-order chi connectivity index (χ1) is 10.8. The van der Waals surface area contributed by atoms with Gasteiger partial charge >= 0.3 is 0 Å². The van der Waals surface area contributed by atoms with E-state index in [4.69, 9.17) is 0 Å². The number of piperidine rings is 1. The predicted octanol–water partition coefficient (Wildman–Crippen LogP) is 2.75. The third-order valence-corrected chi connectivity index (χ3v) is 4.30. The van der Waals surface area contributed by atoms with Gasteiger partial charge < -0.3 is 15.2 Å². The molecule has 1 saturated heterocycles. The second kappa shape index (κ2) is 6.79. The summed E-state index contributed by atoms with van der Waals surface area (Å²) in [6.07, 6.45) is 2.29. The van der Waals surface area contributed by atoms with E-state index in [0.29, 0.717) is 11.6 Å². The van der Waals surface area contributed by atoms with Gasteiger partial charge in [-0.05, 0) is 50.0 Å². The van der Waals surface area contributed by atoms with Crippen LogP contribution in [0.3, 0.4) is 0 Å². The van der Waals surface area contributed by atoms with Gasteiger partial charge in [0.1, 0.15) is 5.69 Å². The summed E-state index contributed by atoms with van der Waals surface area (Å²) in [7, 11) is 1.97. The van der Waals surface area contributed by atoms with E-state index in [1.54, 1.807) is 0 Å². The number of nitrogens with zero attached hydrogens (tertiary/aromatic N) is 1. The molecule has 0 radical (unpaired) electrons. The van der Waals surface area contributed by atoms with Crippen LogP contribution in [0.5, 0.6) is 0 Å². The molecule has 2 N–H and O–H groups in total. The summed E-state index contributed by atoms with van der Waals surface area (Å²) in [6.45, 7) is 2.68. The van der Waals surface area contributed by atoms with Gasteiger partial charge in [0.2, 0.25) is 0 Å². The Balaban J connectivity index is 1.71. The van der Waals surface area contributed by atoms with Crippen molar-refractivity contribution in [3.63, 3.8) is 0 Å². The molecule has 22 heavy (non-hydrogen) atoms. The molecule has 1 aromatic carbocycles. The zero-order valence-electron chi connectivity index (χ0n) is 13.0. The van der Waals surface area contributed by atoms with Crippen LogP contribution in [0.4, 0.5) is 0 Å². The lowest BCUT2D eigenvalue weighted by atomic mass is 9.98. The van der Waals surface area contributed by atoms with Crippen LogP contribution in [0.25, 0.3) is 11.3 Å². The van der Waals surface area contributed by atoms with Crippen LogP contribution >= 0.6 is 0 Å². The van der Waals surface area contributed by atoms with Crippen molar-refractivity contribution in [2.24, 2.45) is 5.92 Å². The predicted molar refractivity (Wildman–Crippen MR) is 88.8 cm³/mol. The quantitative estimate of drug-likeness (QED) is 0.911. The Bertz CT molecular complexity index is 618. The molecule has 2 aromatic rings. The van der Waals surface area contributed by atoms with Gasteiger partial charge in [-0.2, -0.15) is 0 Å². The van der Waals surface area contributed by atoms with Gasteiger partial charge in [0.15, 0.2) is 0 Å². The average molecular weight is 297 g/mol. The van der Waals surface area contributed by atoms with E-state index in [2.05, 4.69) is 10.3 Å². The fourth-order valence-corrected chi connectivity index (χ4v) is 3.18. The molecule has 3 rings (SSSR count). The maximum absolute atomic E-state index is 12.7. The standard InChI is InChI=1S/C18H23N3O/c1-19-12-14-6-5-11-21(13-14)18(22)17-10-9-16(20-17)15-7-3-2-4-8-15/h2-4,7-10,14,19-20H,5-6,11-13H2,1H3. The van der Waals surface area contributed by atoms with Crippen molar-refractivity contribution in [1.29, 1.82) is 0 Å². The summed E-state index contributed by atoms with van der Waals surface area (Å²) in [5.74, 6) is 0.675. The zero-order chi connectivity index (χ0) is 15.4. The average Bonchev–Trinajstić information content (AvgIpc) is 3.05. The Morgan fingerprint density at radius 3 is 2.86 bits per heavy atom. The maximum Gasteiger partial charge on any atom is 0.270 e. The summed E-state index contributed by atoms with van der Waals surface area (Å²) in [6, 6.07) is 14.0. The highest BCUT2D eigenvalue weighted by atomic mass is 16.2. The van der Waals surface area contributed by atoms with Crippen LogP contribution in [0, 0.1) is 5.92 Å². The Morgan fingerprint density at radius 2 is 2.09 bits per heavy atom. The molecule has 1 atom stereocenters. The number of aromatic amines is 1. The molecule has 0 bridgehead atoms. The third-order valence-electron chi connectivity index (χ3n) is 4.30. The van der Waals surface area contributed by atoms with E-state index in [-0.39, 0.29) is 5.91 Å². The lowest BCUT2D eigenvalue weighted by Gasteiger charge is -2.32. The lowest BCUT2D eigenvalue weighted by molar-refractivity contribution is 0.0669. The van der Waals surface area contributed by atoms with E-state index in [1.165, 1.54) is 6.42 Å². The van der Waals surface area contributed by atoms with E-state index in [1.807, 2.05) is 54.4 Å². The highest BCUT2D eigenvalue weighted by molar-refractivity contribution is 5.93. The number of nitrogens with one attached hydrogen (secondary N) is 2. The minimum Gasteiger partial charge on any atom is -0.351 e. The number of hydrogen-bond donors (Lipinski definition) is 2. The molecule has 1 aromatic heterocycles. The molecule has 1 fully saturated rings. The number of benzene rings is 1. The van der Waals surface area contributed by atoms with Gasteiger partial charge in [-0.3, -0.25) is 4.79 Å². The fourth-order valence-electron chi connectivity index (χ4n) is 3.18. The molecular weight excluding hydrogens is 274 g/mol. The van der Waals surface area contributed by atoms with E-state index >= 15 is 0 Å². The normalized spacial score (nSPS) is 18.4. The summed E-state index contributed by atoms with van der Waals surface area (Å²) >= 11 is 0. The van der Waals surface area contributed by atoms with Gasteiger partial charge in [-0.25, -0.2) is 0 Å². The van der Waals surface area contributed by atoms with Crippen LogP contribution in [0.15, 0.2) is 42.5 Å². The van der Waals surface area contributed by atoms with Crippen molar-refractivity contribution < 1.29 is 4.79 Å². The third kappa shape index (κ3) is 3.22. The molecule has 1 unspecified atom stereocenters. The summed E-state index contributed by atoms with van der Waals surface area (Å²) in [5, 5.41) is 3.22. The number of rotatable bonds is 4. The van der Waals surface area contributed by atoms with Crippen molar-refractivity contribution in [3.8, 4) is 11.3 Å². The van der Waals surface area contributed by atoms with Crippen LogP contribution in [0.2, 0.25) is 0 Å². The molecular formula is C18H23N3O. The van der Waals surface area contributed by atoms with Crippen molar-refractivity contribution in [2.45, 2.75) is 12.8 Å². The van der Waals surface area contributed by atoms with Crippen molar-refractivity contribution in [3.05, 3.63) is 48.2 Å². The Kier molecular flexibility index (Phi) is 4.59. The molecule has 0 saturated carbocycles. The van der Waals surface area contributed by atoms with E-state index in [9.17, 15) is 4.79 Å². The highest BCUT2D eigenvalue weighted by Crippen LogP contribution is 2.21. The molecule has 1 aliphatic heterocycles. The summed E-state index contributed by atoms with van der Waals surface area (Å²) in [5.41, 5.74) is 2.78. The molecule has 0 aliphatic carbocycles. The van der Waals surface area contributed by atoms with Crippen molar-refractivity contribution in [1.82, 2.24) is 15.2 Å². The number of carbonyl (C=O) groups excluding carboxylic acids is 1. The largest absolute Gasteiger partial charge is 0.351 e. The molecule has 1 amide bonds. The summed E-state index contributed by atoms with van der Waals surface area (Å²) in [4.78, 5) is 17.9. The first-order valence-electron chi connectivity index (χ1n) is 7.96. The van der Waals surface area contributed by atoms with Gasteiger partial charge in [0.25, 0.3) is 5.91 Å². The monoisotopic (exact) mass is 297 g/mol. The molecule has 1 aliphatic rings. The van der Waals surface area contributed by atoms with E-state index < -0.39 is 0 Å². The number of amides is 1. The maximum atomic E-state index is 12.7. The van der Waals surface area contributed by atoms with Crippen LogP contribution in [-0.2, 0) is 0 Å². The Hall–Kier alpha value is -2.07. The number of H-pyrrole nitrogens is 1. The SMILES string of the molecule is CNCC1CCCN(C(=O)c2ccc(-c3ccccc3)[nH]2)C1. The first kappa shape index (κ1) is 14.9. The number of hydrogen-bond acceptors (Lipinski definition) is 2. The van der Waals surface area contributed by atoms with Crippen molar-refractivity contribution >= 4 is 5.91 Å². The van der Waals surface area contributed by atoms with Crippen LogP contribution < -0.4 is 5.32 Å². The van der Waals surface area contributed by atoms with E-state index in [0.717, 1.165) is 37.3 Å². The zero-order valence-corrected chi connectivity index (χ0v) is 13.0. The molecule has 4 heteroatoms. The fraction of sp³-hybridized carbons (Fsp3) is 0.389. The van der Waals surface area contributed by atoms with Crippen LogP contribution in [-0.4, -0.2) is 42.5 Å². The van der Waals surface area contributed by atoms with Gasteiger partial charge in [0.05, 0.1) is 0 Å². The number of aromatic nitrogens is 1. The molecule has 2 heterocycles. The second-order valence-corrected chi connectivity index (χ2v) is 5.97. The van der Waals surface area contributed by atoms with Gasteiger partial charge in [0, 0.05) is 18.8 Å². The minimum absolute atomic E-state index is 0.114. The Morgan fingerprint density at radius 1 is 1.27 bits per heavy atom. The van der Waals surface area contributed by atoms with Gasteiger partial charge in [-0.15, -0.1) is 0 Å². The molecule has 4 nitrogen and oxygen atoms in total. The number of carbonyl (C=O) groups is 1. The Labute approximate surface area is 131 Å².